The predicted octanol–water partition coefficient (Wildman–Crippen LogP) is 4.57. The van der Waals surface area contributed by atoms with Crippen LogP contribution in [-0.2, 0) is 4.74 Å². The summed E-state index contributed by atoms with van der Waals surface area (Å²) in [6.07, 6.45) is 2.96. The van der Waals surface area contributed by atoms with E-state index < -0.39 is 0 Å². The Kier molecular flexibility index (Phi) is 7.42. The Hall–Kier alpha value is -2.65. The zero-order chi connectivity index (χ0) is 24.3. The van der Waals surface area contributed by atoms with Gasteiger partial charge in [0, 0.05) is 31.7 Å². The smallest absolute Gasteiger partial charge is 0.350 e. The lowest BCUT2D eigenvalue weighted by Gasteiger charge is -2.39. The third-order valence-electron chi connectivity index (χ3n) is 6.83. The van der Waals surface area contributed by atoms with E-state index in [0.717, 1.165) is 62.4 Å². The van der Waals surface area contributed by atoms with Gasteiger partial charge in [0.05, 0.1) is 19.4 Å². The molecule has 0 radical (unpaired) electrons. The van der Waals surface area contributed by atoms with Gasteiger partial charge in [0.2, 0.25) is 0 Å². The zero-order valence-corrected chi connectivity index (χ0v) is 21.5. The van der Waals surface area contributed by atoms with Crippen LogP contribution >= 0.6 is 23.6 Å². The quantitative estimate of drug-likeness (QED) is 0.475. The molecule has 4 rings (SSSR count). The van der Waals surface area contributed by atoms with E-state index in [4.69, 9.17) is 21.7 Å². The molecule has 2 aromatic rings. The van der Waals surface area contributed by atoms with Crippen LogP contribution in [0.3, 0.4) is 0 Å². The van der Waals surface area contributed by atoms with Crippen LogP contribution < -0.4 is 10.1 Å². The van der Waals surface area contributed by atoms with E-state index in [9.17, 15) is 9.59 Å². The maximum atomic E-state index is 13.0. The van der Waals surface area contributed by atoms with E-state index in [1.54, 1.807) is 0 Å². The molecule has 2 fully saturated rings. The molecular weight excluding hydrogens is 470 g/mol. The fraction of sp³-hybridized carbons (Fsp3) is 0.480. The number of rotatable bonds is 5. The molecule has 3 heterocycles. The maximum Gasteiger partial charge on any atom is 0.350 e. The molecule has 0 unspecified atom stereocenters. The van der Waals surface area contributed by atoms with Crippen LogP contribution in [0.25, 0.3) is 0 Å². The normalized spacial score (nSPS) is 17.0. The molecule has 0 saturated carbocycles. The Morgan fingerprint density at radius 1 is 1.12 bits per heavy atom. The second-order valence-corrected chi connectivity index (χ2v) is 10.2. The number of benzene rings is 1. The molecule has 7 nitrogen and oxygen atoms in total. The monoisotopic (exact) mass is 501 g/mol. The number of aryl methyl sites for hydroxylation is 1. The summed E-state index contributed by atoms with van der Waals surface area (Å²) >= 11 is 7.07. The summed E-state index contributed by atoms with van der Waals surface area (Å²) < 4.78 is 10.4. The molecule has 1 amide bonds. The number of methoxy groups -OCH3 is 1. The van der Waals surface area contributed by atoms with Gasteiger partial charge in [0.15, 0.2) is 5.11 Å². The number of piperidine rings is 1. The fourth-order valence-electron chi connectivity index (χ4n) is 4.77. The summed E-state index contributed by atoms with van der Waals surface area (Å²) in [5.74, 6) is 0.502. The van der Waals surface area contributed by atoms with Gasteiger partial charge in [-0.15, -0.1) is 11.3 Å². The molecule has 1 spiro atoms. The molecule has 1 aromatic heterocycles. The highest BCUT2D eigenvalue weighted by Gasteiger charge is 2.42. The van der Waals surface area contributed by atoms with Gasteiger partial charge in [-0.05, 0) is 86.0 Å². The molecule has 182 valence electrons. The van der Waals surface area contributed by atoms with E-state index in [2.05, 4.69) is 10.2 Å². The van der Waals surface area contributed by atoms with Crippen molar-refractivity contribution in [2.45, 2.75) is 33.1 Å². The second-order valence-electron chi connectivity index (χ2n) is 8.97. The van der Waals surface area contributed by atoms with Gasteiger partial charge in [-0.1, -0.05) is 0 Å². The lowest BCUT2D eigenvalue weighted by atomic mass is 9.77. The van der Waals surface area contributed by atoms with E-state index >= 15 is 0 Å². The average molecular weight is 502 g/mol. The van der Waals surface area contributed by atoms with Gasteiger partial charge in [-0.3, -0.25) is 4.79 Å². The molecule has 1 N–H and O–H groups in total. The number of thiocarbonyl (C=S) groups is 1. The second kappa shape index (κ2) is 10.3. The highest BCUT2D eigenvalue weighted by molar-refractivity contribution is 7.80. The van der Waals surface area contributed by atoms with Crippen molar-refractivity contribution >= 4 is 46.2 Å². The topological polar surface area (TPSA) is 71.1 Å². The first-order chi connectivity index (χ1) is 16.4. The van der Waals surface area contributed by atoms with E-state index in [-0.39, 0.29) is 17.3 Å². The first kappa shape index (κ1) is 24.5. The van der Waals surface area contributed by atoms with E-state index in [1.807, 2.05) is 48.4 Å². The molecule has 2 saturated heterocycles. The molecule has 9 heteroatoms. The summed E-state index contributed by atoms with van der Waals surface area (Å²) in [5.41, 5.74) is 2.57. The van der Waals surface area contributed by atoms with Crippen LogP contribution in [0, 0.1) is 12.3 Å². The lowest BCUT2D eigenvalue weighted by Crippen LogP contribution is -2.45. The first-order valence-corrected chi connectivity index (χ1v) is 12.9. The zero-order valence-electron chi connectivity index (χ0n) is 19.9. The molecule has 1 aromatic carbocycles. The third-order valence-corrected chi connectivity index (χ3v) is 8.26. The minimum atomic E-state index is -0.356. The maximum absolute atomic E-state index is 13.0. The number of thiophene rings is 1. The Balaban J connectivity index is 1.33. The van der Waals surface area contributed by atoms with E-state index in [0.29, 0.717) is 22.2 Å². The summed E-state index contributed by atoms with van der Waals surface area (Å²) in [4.78, 5) is 29.7. The third kappa shape index (κ3) is 5.05. The summed E-state index contributed by atoms with van der Waals surface area (Å²) in [7, 11) is 1.39. The summed E-state index contributed by atoms with van der Waals surface area (Å²) in [5, 5.41) is 5.86. The number of hydrogen-bond acceptors (Lipinski definition) is 6. The average Bonchev–Trinajstić information content (AvgIpc) is 3.43. The number of ether oxygens (including phenoxy) is 2. The summed E-state index contributed by atoms with van der Waals surface area (Å²) in [6.45, 7) is 7.73. The SMILES string of the molecule is CCOc1ccc(C(=O)N2CCC3(CC2)CCN(C(=S)Nc2c(C)csc2C(=O)OC)C3)cc1. The number of carbonyl (C=O) groups is 2. The first-order valence-electron chi connectivity index (χ1n) is 11.6. The van der Waals surface area contributed by atoms with Crippen LogP contribution in [0.15, 0.2) is 29.6 Å². The minimum Gasteiger partial charge on any atom is -0.494 e. The van der Waals surface area contributed by atoms with E-state index in [1.165, 1.54) is 18.4 Å². The predicted molar refractivity (Wildman–Crippen MR) is 138 cm³/mol. The largest absolute Gasteiger partial charge is 0.494 e. The number of likely N-dealkylation sites (tertiary alicyclic amines) is 2. The number of amides is 1. The highest BCUT2D eigenvalue weighted by Crippen LogP contribution is 2.41. The Labute approximate surface area is 210 Å². The van der Waals surface area contributed by atoms with Crippen molar-refractivity contribution in [2.24, 2.45) is 5.41 Å². The molecule has 0 bridgehead atoms. The van der Waals surface area contributed by atoms with Crippen LogP contribution in [0.2, 0.25) is 0 Å². The fourth-order valence-corrected chi connectivity index (χ4v) is 5.95. The van der Waals surface area contributed by atoms with Crippen LogP contribution in [0.1, 0.15) is 51.8 Å². The van der Waals surface area contributed by atoms with Crippen molar-refractivity contribution < 1.29 is 19.1 Å². The van der Waals surface area contributed by atoms with Crippen LogP contribution in [0.5, 0.6) is 5.75 Å². The van der Waals surface area contributed by atoms with Gasteiger partial charge >= 0.3 is 5.97 Å². The summed E-state index contributed by atoms with van der Waals surface area (Å²) in [6, 6.07) is 7.39. The molecule has 2 aliphatic rings. The van der Waals surface area contributed by atoms with Crippen molar-refractivity contribution in [3.8, 4) is 5.75 Å². The molecule has 2 aliphatic heterocycles. The van der Waals surface area contributed by atoms with Crippen molar-refractivity contribution in [3.63, 3.8) is 0 Å². The van der Waals surface area contributed by atoms with Gasteiger partial charge in [0.1, 0.15) is 10.6 Å². The highest BCUT2D eigenvalue weighted by atomic mass is 32.1. The van der Waals surface area contributed by atoms with Gasteiger partial charge in [-0.25, -0.2) is 4.79 Å². The number of nitrogens with zero attached hydrogens (tertiary/aromatic N) is 2. The lowest BCUT2D eigenvalue weighted by molar-refractivity contribution is 0.0593. The molecule has 0 atom stereocenters. The van der Waals surface area contributed by atoms with Crippen molar-refractivity contribution in [1.82, 2.24) is 9.80 Å². The Bertz CT molecular complexity index is 1060. The van der Waals surface area contributed by atoms with Crippen molar-refractivity contribution in [1.29, 1.82) is 0 Å². The van der Waals surface area contributed by atoms with Crippen LogP contribution in [0.4, 0.5) is 5.69 Å². The minimum absolute atomic E-state index is 0.0770. The Morgan fingerprint density at radius 2 is 1.76 bits per heavy atom. The van der Waals surface area contributed by atoms with Crippen LogP contribution in [-0.4, -0.2) is 66.7 Å². The Morgan fingerprint density at radius 3 is 2.38 bits per heavy atom. The number of anilines is 1. The number of nitrogens with one attached hydrogen (secondary N) is 1. The molecular formula is C25H31N3O4S2. The molecule has 0 aliphatic carbocycles. The number of esters is 1. The standard InChI is InChI=1S/C25H31N3O4S2/c1-4-32-19-7-5-18(6-8-19)22(29)27-12-9-25(10-13-27)11-14-28(16-25)24(33)26-20-17(2)15-34-21(20)23(30)31-3/h5-8,15H,4,9-14,16H2,1-3H3,(H,26,33). The van der Waals surface area contributed by atoms with Gasteiger partial charge < -0.3 is 24.6 Å². The number of hydrogen-bond donors (Lipinski definition) is 1. The van der Waals surface area contributed by atoms with Gasteiger partial charge in [-0.2, -0.15) is 0 Å². The number of carbonyl (C=O) groups excluding carboxylic acids is 2. The molecule has 34 heavy (non-hydrogen) atoms. The van der Waals surface area contributed by atoms with Crippen molar-refractivity contribution in [2.75, 3.05) is 45.2 Å². The van der Waals surface area contributed by atoms with Gasteiger partial charge in [0.25, 0.3) is 5.91 Å². The van der Waals surface area contributed by atoms with Crippen molar-refractivity contribution in [3.05, 3.63) is 45.6 Å².